The summed E-state index contributed by atoms with van der Waals surface area (Å²) < 4.78 is 48.3. The van der Waals surface area contributed by atoms with Gasteiger partial charge < -0.3 is 24.8 Å². The number of likely N-dealkylation sites (tertiary alicyclic amines) is 1. The number of nitrogens with zero attached hydrogens (tertiary/aromatic N) is 3. The summed E-state index contributed by atoms with van der Waals surface area (Å²) in [5, 5.41) is 7.85. The predicted molar refractivity (Wildman–Crippen MR) is 162 cm³/mol. The Bertz CT molecular complexity index is 1470. The number of fused-ring (bicyclic) bond motifs is 1. The van der Waals surface area contributed by atoms with Gasteiger partial charge in [0.15, 0.2) is 0 Å². The Morgan fingerprint density at radius 3 is 2.40 bits per heavy atom. The number of hydrogen-bond donors (Lipinski definition) is 2. The van der Waals surface area contributed by atoms with E-state index in [2.05, 4.69) is 20.5 Å². The fourth-order valence-electron chi connectivity index (χ4n) is 6.25. The molecule has 0 bridgehead atoms. The van der Waals surface area contributed by atoms with Gasteiger partial charge in [-0.1, -0.05) is 30.3 Å². The van der Waals surface area contributed by atoms with Crippen molar-refractivity contribution in [3.63, 3.8) is 0 Å². The Balaban J connectivity index is 1.21. The zero-order chi connectivity index (χ0) is 29.1. The van der Waals surface area contributed by atoms with Crippen LogP contribution in [0.5, 0.6) is 0 Å². The summed E-state index contributed by atoms with van der Waals surface area (Å²) >= 11 is 0. The minimum Gasteiger partial charge on any atom is -0.382 e. The second-order valence-corrected chi connectivity index (χ2v) is 11.5. The molecule has 0 radical (unpaired) electrons. The van der Waals surface area contributed by atoms with E-state index in [4.69, 9.17) is 4.74 Å². The molecule has 0 spiro atoms. The average Bonchev–Trinajstić information content (AvgIpc) is 3.36. The number of hydrogen-bond acceptors (Lipinski definition) is 5. The number of alkyl halides is 3. The number of anilines is 2. The van der Waals surface area contributed by atoms with Crippen LogP contribution < -0.4 is 10.6 Å². The SMILES string of the molecule is Cc1ccc(NCc2ccc(-c3cc4c(NC5CCN(C6CCOCC6)CC5)cccc4n3CC(F)(F)F)cc2)cn1. The zero-order valence-corrected chi connectivity index (χ0v) is 24.0. The first-order valence-electron chi connectivity index (χ1n) is 14.9. The highest BCUT2D eigenvalue weighted by molar-refractivity contribution is 5.96. The van der Waals surface area contributed by atoms with Gasteiger partial charge in [0.2, 0.25) is 0 Å². The van der Waals surface area contributed by atoms with Crippen LogP contribution in [0.4, 0.5) is 24.5 Å². The molecular weight excluding hydrogens is 539 g/mol. The molecule has 6 rings (SSSR count). The molecule has 2 aliphatic heterocycles. The van der Waals surface area contributed by atoms with Crippen molar-refractivity contribution in [1.29, 1.82) is 0 Å². The highest BCUT2D eigenvalue weighted by atomic mass is 19.4. The number of rotatable bonds is 8. The van der Waals surface area contributed by atoms with E-state index >= 15 is 0 Å². The molecule has 4 aromatic rings. The van der Waals surface area contributed by atoms with Crippen molar-refractivity contribution < 1.29 is 17.9 Å². The molecule has 0 atom stereocenters. The van der Waals surface area contributed by atoms with Gasteiger partial charge in [-0.15, -0.1) is 0 Å². The van der Waals surface area contributed by atoms with Gasteiger partial charge in [0.25, 0.3) is 0 Å². The molecule has 2 aromatic carbocycles. The largest absolute Gasteiger partial charge is 0.406 e. The normalized spacial score (nSPS) is 17.5. The van der Waals surface area contributed by atoms with Crippen molar-refractivity contribution in [3.8, 4) is 11.3 Å². The Kier molecular flexibility index (Phi) is 8.40. The van der Waals surface area contributed by atoms with Crippen molar-refractivity contribution in [2.24, 2.45) is 0 Å². The first-order valence-corrected chi connectivity index (χ1v) is 14.9. The topological polar surface area (TPSA) is 54.4 Å². The molecule has 0 amide bonds. The smallest absolute Gasteiger partial charge is 0.382 e. The maximum Gasteiger partial charge on any atom is 0.406 e. The second-order valence-electron chi connectivity index (χ2n) is 11.5. The van der Waals surface area contributed by atoms with Crippen LogP contribution in [0.2, 0.25) is 0 Å². The third-order valence-electron chi connectivity index (χ3n) is 8.54. The third kappa shape index (κ3) is 6.73. The average molecular weight is 578 g/mol. The van der Waals surface area contributed by atoms with Crippen molar-refractivity contribution >= 4 is 22.3 Å². The van der Waals surface area contributed by atoms with Crippen LogP contribution in [0.15, 0.2) is 66.9 Å². The number of nitrogens with one attached hydrogen (secondary N) is 2. The quantitative estimate of drug-likeness (QED) is 0.231. The van der Waals surface area contributed by atoms with Crippen molar-refractivity contribution in [1.82, 2.24) is 14.5 Å². The number of aryl methyl sites for hydroxylation is 1. The molecule has 2 saturated heterocycles. The predicted octanol–water partition coefficient (Wildman–Crippen LogP) is 7.24. The molecule has 0 saturated carbocycles. The minimum absolute atomic E-state index is 0.289. The molecule has 6 nitrogen and oxygen atoms in total. The second kappa shape index (κ2) is 12.4. The summed E-state index contributed by atoms with van der Waals surface area (Å²) in [6.07, 6.45) is 1.66. The maximum atomic E-state index is 13.8. The van der Waals surface area contributed by atoms with E-state index in [1.807, 2.05) is 61.5 Å². The first-order chi connectivity index (χ1) is 20.3. The Morgan fingerprint density at radius 2 is 1.71 bits per heavy atom. The lowest BCUT2D eigenvalue weighted by atomic mass is 9.99. The molecule has 9 heteroatoms. The van der Waals surface area contributed by atoms with Gasteiger partial charge in [0.05, 0.1) is 17.4 Å². The number of benzene rings is 2. The molecule has 2 aliphatic rings. The molecule has 0 unspecified atom stereocenters. The van der Waals surface area contributed by atoms with E-state index in [9.17, 15) is 13.2 Å². The van der Waals surface area contributed by atoms with Crippen LogP contribution in [0.25, 0.3) is 22.2 Å². The van der Waals surface area contributed by atoms with E-state index in [1.54, 1.807) is 12.3 Å². The highest BCUT2D eigenvalue weighted by Crippen LogP contribution is 2.36. The van der Waals surface area contributed by atoms with Gasteiger partial charge in [-0.05, 0) is 74.1 Å². The maximum absolute atomic E-state index is 13.8. The Labute approximate surface area is 244 Å². The van der Waals surface area contributed by atoms with Crippen molar-refractivity contribution in [3.05, 3.63) is 78.1 Å². The van der Waals surface area contributed by atoms with Crippen LogP contribution in [0.1, 0.15) is 36.9 Å². The summed E-state index contributed by atoms with van der Waals surface area (Å²) in [5.41, 5.74) is 5.71. The molecule has 2 N–H and O–H groups in total. The third-order valence-corrected chi connectivity index (χ3v) is 8.54. The van der Waals surface area contributed by atoms with Gasteiger partial charge in [0.1, 0.15) is 6.54 Å². The monoisotopic (exact) mass is 577 g/mol. The summed E-state index contributed by atoms with van der Waals surface area (Å²) in [5.74, 6) is 0. The minimum atomic E-state index is -4.34. The molecule has 2 fully saturated rings. The van der Waals surface area contributed by atoms with Gasteiger partial charge in [-0.25, -0.2) is 0 Å². The van der Waals surface area contributed by atoms with Crippen molar-refractivity contribution in [2.75, 3.05) is 36.9 Å². The zero-order valence-electron chi connectivity index (χ0n) is 24.0. The molecule has 0 aliphatic carbocycles. The summed E-state index contributed by atoms with van der Waals surface area (Å²) in [6.45, 7) is 5.23. The Hall–Kier alpha value is -3.56. The summed E-state index contributed by atoms with van der Waals surface area (Å²) in [7, 11) is 0. The summed E-state index contributed by atoms with van der Waals surface area (Å²) in [4.78, 5) is 6.88. The van der Waals surface area contributed by atoms with Crippen LogP contribution >= 0.6 is 0 Å². The molecule has 4 heterocycles. The van der Waals surface area contributed by atoms with E-state index in [1.165, 1.54) is 4.57 Å². The van der Waals surface area contributed by atoms with E-state index in [-0.39, 0.29) is 6.04 Å². The van der Waals surface area contributed by atoms with Gasteiger partial charge in [0, 0.05) is 67.4 Å². The van der Waals surface area contributed by atoms with Crippen LogP contribution in [0.3, 0.4) is 0 Å². The number of pyridine rings is 1. The fourth-order valence-corrected chi connectivity index (χ4v) is 6.25. The number of aromatic nitrogens is 2. The van der Waals surface area contributed by atoms with Gasteiger partial charge in [-0.3, -0.25) is 4.98 Å². The Morgan fingerprint density at radius 1 is 0.952 bits per heavy atom. The van der Waals surface area contributed by atoms with E-state index < -0.39 is 12.7 Å². The van der Waals surface area contributed by atoms with E-state index in [0.29, 0.717) is 23.8 Å². The number of ether oxygens (including phenoxy) is 1. The van der Waals surface area contributed by atoms with Gasteiger partial charge in [-0.2, -0.15) is 13.2 Å². The van der Waals surface area contributed by atoms with Crippen LogP contribution in [0, 0.1) is 6.92 Å². The standard InChI is InChI=1S/C33H38F3N5O/c1-23-5-10-27(21-37-23)38-20-24-6-8-25(9-7-24)32-19-29-30(3-2-4-31(29)41(32)22-33(34,35)36)39-26-11-15-40(16-12-26)28-13-17-42-18-14-28/h2-10,19,21,26,28,38-39H,11-18,20,22H2,1H3. The lowest BCUT2D eigenvalue weighted by molar-refractivity contribution is -0.139. The first kappa shape index (κ1) is 28.6. The molecule has 222 valence electrons. The highest BCUT2D eigenvalue weighted by Gasteiger charge is 2.31. The van der Waals surface area contributed by atoms with Crippen LogP contribution in [-0.2, 0) is 17.8 Å². The summed E-state index contributed by atoms with van der Waals surface area (Å²) in [6, 6.07) is 20.1. The van der Waals surface area contributed by atoms with Crippen LogP contribution in [-0.4, -0.2) is 59.0 Å². The molecule has 2 aromatic heterocycles. The lowest BCUT2D eigenvalue weighted by Gasteiger charge is -2.39. The fraction of sp³-hybridized carbons (Fsp3) is 0.424. The molecular formula is C33H38F3N5O. The van der Waals surface area contributed by atoms with Gasteiger partial charge >= 0.3 is 6.18 Å². The number of piperidine rings is 1. The van der Waals surface area contributed by atoms with Crippen molar-refractivity contribution in [2.45, 2.75) is 64.0 Å². The number of halogens is 3. The lowest BCUT2D eigenvalue weighted by Crippen LogP contribution is -2.46. The van der Waals surface area contributed by atoms with E-state index in [0.717, 1.165) is 85.6 Å². The molecule has 42 heavy (non-hydrogen) atoms.